The minimum atomic E-state index is -3.74. The van der Waals surface area contributed by atoms with Crippen LogP contribution in [0.3, 0.4) is 0 Å². The minimum Gasteiger partial charge on any atom is -0.319 e. The topological polar surface area (TPSA) is 85.2 Å². The van der Waals surface area contributed by atoms with E-state index in [0.29, 0.717) is 0 Å². The van der Waals surface area contributed by atoms with Crippen LogP contribution >= 0.6 is 0 Å². The molecule has 0 unspecified atom stereocenters. The minimum absolute atomic E-state index is 0.0233. The molecule has 2 aromatic carbocycles. The van der Waals surface area contributed by atoms with Gasteiger partial charge in [-0.15, -0.1) is 0 Å². The van der Waals surface area contributed by atoms with Crippen molar-refractivity contribution in [3.8, 4) is 5.69 Å². The molecule has 0 aliphatic heterocycles. The number of hydrogen-bond acceptors (Lipinski definition) is 4. The van der Waals surface area contributed by atoms with Crippen molar-refractivity contribution in [3.63, 3.8) is 0 Å². The van der Waals surface area contributed by atoms with Crippen LogP contribution in [0.1, 0.15) is 17.0 Å². The highest BCUT2D eigenvalue weighted by Crippen LogP contribution is 2.18. The smallest absolute Gasteiger partial charge is 0.240 e. The molecular weight excluding hydrogens is 396 g/mol. The van der Waals surface area contributed by atoms with Gasteiger partial charge in [-0.1, -0.05) is 12.1 Å². The van der Waals surface area contributed by atoms with Gasteiger partial charge in [0.2, 0.25) is 10.0 Å². The van der Waals surface area contributed by atoms with E-state index in [9.17, 15) is 16.8 Å². The molecular formula is C20H22N2O4S2. The third-order valence-electron chi connectivity index (χ3n) is 4.49. The van der Waals surface area contributed by atoms with Crippen LogP contribution in [0.2, 0.25) is 0 Å². The Kier molecular flexibility index (Phi) is 5.47. The Morgan fingerprint density at radius 3 is 1.75 bits per heavy atom. The number of aryl methyl sites for hydroxylation is 2. The highest BCUT2D eigenvalue weighted by atomic mass is 32.2. The van der Waals surface area contributed by atoms with Gasteiger partial charge >= 0.3 is 0 Å². The molecule has 3 rings (SSSR count). The van der Waals surface area contributed by atoms with Crippen LogP contribution in [0.5, 0.6) is 0 Å². The van der Waals surface area contributed by atoms with E-state index >= 15 is 0 Å². The van der Waals surface area contributed by atoms with Gasteiger partial charge in [-0.2, -0.15) is 0 Å². The van der Waals surface area contributed by atoms with E-state index in [1.807, 2.05) is 50.2 Å². The molecule has 0 atom stereocenters. The van der Waals surface area contributed by atoms with Crippen LogP contribution in [0.15, 0.2) is 70.5 Å². The summed E-state index contributed by atoms with van der Waals surface area (Å²) in [4.78, 5) is 0.104. The standard InChI is InChI=1S/C20H22N2O4S2/c1-15-4-5-16(2)22(15)18-8-6-17(7-9-18)14-21-28(25,26)20-12-10-19(11-13-20)27(3,23)24/h4-13,21H,14H2,1-3H3. The predicted octanol–water partition coefficient (Wildman–Crippen LogP) is 2.98. The summed E-state index contributed by atoms with van der Waals surface area (Å²) >= 11 is 0. The Labute approximate surface area is 165 Å². The molecule has 3 aromatic rings. The second-order valence-corrected chi connectivity index (χ2v) is 10.5. The molecule has 1 aromatic heterocycles. The van der Waals surface area contributed by atoms with Crippen LogP contribution in [0.4, 0.5) is 0 Å². The van der Waals surface area contributed by atoms with Crippen molar-refractivity contribution < 1.29 is 16.8 Å². The van der Waals surface area contributed by atoms with Gasteiger partial charge in [-0.25, -0.2) is 21.6 Å². The van der Waals surface area contributed by atoms with Crippen molar-refractivity contribution in [3.05, 3.63) is 77.6 Å². The van der Waals surface area contributed by atoms with Gasteiger partial charge in [-0.3, -0.25) is 0 Å². The number of sulfonamides is 1. The molecule has 0 aliphatic carbocycles. The van der Waals surface area contributed by atoms with Gasteiger partial charge in [0.05, 0.1) is 9.79 Å². The monoisotopic (exact) mass is 418 g/mol. The fraction of sp³-hybridized carbons (Fsp3) is 0.200. The lowest BCUT2D eigenvalue weighted by molar-refractivity contribution is 0.580. The highest BCUT2D eigenvalue weighted by molar-refractivity contribution is 7.90. The van der Waals surface area contributed by atoms with E-state index in [1.54, 1.807) is 0 Å². The molecule has 8 heteroatoms. The van der Waals surface area contributed by atoms with Crippen LogP contribution in [0.25, 0.3) is 5.69 Å². The molecule has 0 aliphatic rings. The Morgan fingerprint density at radius 1 is 0.750 bits per heavy atom. The van der Waals surface area contributed by atoms with E-state index in [1.165, 1.54) is 24.3 Å². The summed E-state index contributed by atoms with van der Waals surface area (Å²) in [5, 5.41) is 0. The fourth-order valence-corrected chi connectivity index (χ4v) is 4.61. The number of benzene rings is 2. The quantitative estimate of drug-likeness (QED) is 0.667. The zero-order valence-electron chi connectivity index (χ0n) is 15.9. The average Bonchev–Trinajstić information content (AvgIpc) is 2.98. The van der Waals surface area contributed by atoms with Crippen molar-refractivity contribution in [2.24, 2.45) is 0 Å². The first-order valence-corrected chi connectivity index (χ1v) is 12.0. The first kappa shape index (κ1) is 20.3. The van der Waals surface area contributed by atoms with Gasteiger partial charge in [0, 0.05) is 29.9 Å². The fourth-order valence-electron chi connectivity index (χ4n) is 2.97. The van der Waals surface area contributed by atoms with Crippen LogP contribution < -0.4 is 4.72 Å². The number of sulfone groups is 1. The first-order valence-electron chi connectivity index (χ1n) is 8.62. The van der Waals surface area contributed by atoms with Gasteiger partial charge in [-0.05, 0) is 67.9 Å². The third-order valence-corrected chi connectivity index (χ3v) is 7.04. The largest absolute Gasteiger partial charge is 0.319 e. The van der Waals surface area contributed by atoms with Crippen molar-refractivity contribution in [2.45, 2.75) is 30.2 Å². The predicted molar refractivity (Wildman–Crippen MR) is 109 cm³/mol. The van der Waals surface area contributed by atoms with Gasteiger partial charge < -0.3 is 4.57 Å². The molecule has 0 radical (unpaired) electrons. The van der Waals surface area contributed by atoms with Crippen LogP contribution in [-0.4, -0.2) is 27.7 Å². The molecule has 1 N–H and O–H groups in total. The first-order chi connectivity index (χ1) is 13.1. The average molecular weight is 419 g/mol. The number of hydrogen-bond donors (Lipinski definition) is 1. The lowest BCUT2D eigenvalue weighted by Crippen LogP contribution is -2.23. The summed E-state index contributed by atoms with van der Waals surface area (Å²) < 4.78 is 52.5. The molecule has 6 nitrogen and oxygen atoms in total. The zero-order chi connectivity index (χ0) is 20.5. The molecule has 0 amide bonds. The number of nitrogens with zero attached hydrogens (tertiary/aromatic N) is 1. The maximum absolute atomic E-state index is 12.4. The summed E-state index contributed by atoms with van der Waals surface area (Å²) in [6.45, 7) is 4.20. The maximum atomic E-state index is 12.4. The van der Waals surface area contributed by atoms with E-state index in [0.717, 1.165) is 28.9 Å². The van der Waals surface area contributed by atoms with Gasteiger partial charge in [0.25, 0.3) is 0 Å². The van der Waals surface area contributed by atoms with Crippen LogP contribution in [-0.2, 0) is 26.4 Å². The lowest BCUT2D eigenvalue weighted by atomic mass is 10.2. The molecule has 0 spiro atoms. The SMILES string of the molecule is Cc1ccc(C)n1-c1ccc(CNS(=O)(=O)c2ccc(S(C)(=O)=O)cc2)cc1. The molecule has 1 heterocycles. The Morgan fingerprint density at radius 2 is 1.25 bits per heavy atom. The Bertz CT molecular complexity index is 1170. The van der Waals surface area contributed by atoms with Gasteiger partial charge in [0.15, 0.2) is 9.84 Å². The molecule has 0 bridgehead atoms. The summed E-state index contributed by atoms with van der Waals surface area (Å²) in [7, 11) is -7.10. The highest BCUT2D eigenvalue weighted by Gasteiger charge is 2.15. The molecule has 148 valence electrons. The van der Waals surface area contributed by atoms with Gasteiger partial charge in [0.1, 0.15) is 0 Å². The van der Waals surface area contributed by atoms with E-state index in [4.69, 9.17) is 0 Å². The Balaban J connectivity index is 1.73. The normalized spacial score (nSPS) is 12.2. The van der Waals surface area contributed by atoms with Crippen molar-refractivity contribution in [1.82, 2.24) is 9.29 Å². The maximum Gasteiger partial charge on any atom is 0.240 e. The second-order valence-electron chi connectivity index (χ2n) is 6.69. The van der Waals surface area contributed by atoms with Crippen molar-refractivity contribution in [2.75, 3.05) is 6.26 Å². The molecule has 0 saturated heterocycles. The molecule has 0 fully saturated rings. The van der Waals surface area contributed by atoms with E-state index < -0.39 is 19.9 Å². The summed E-state index contributed by atoms with van der Waals surface area (Å²) in [6.07, 6.45) is 1.08. The van der Waals surface area contributed by atoms with Crippen molar-refractivity contribution in [1.29, 1.82) is 0 Å². The van der Waals surface area contributed by atoms with Crippen molar-refractivity contribution >= 4 is 19.9 Å². The third kappa shape index (κ3) is 4.35. The molecule has 0 saturated carbocycles. The van der Waals surface area contributed by atoms with Crippen LogP contribution in [0, 0.1) is 13.8 Å². The molecule has 28 heavy (non-hydrogen) atoms. The lowest BCUT2D eigenvalue weighted by Gasteiger charge is -2.11. The zero-order valence-corrected chi connectivity index (χ0v) is 17.5. The second kappa shape index (κ2) is 7.54. The summed E-state index contributed by atoms with van der Waals surface area (Å²) in [5.74, 6) is 0. The number of rotatable bonds is 6. The Hall–Kier alpha value is -2.42. The summed E-state index contributed by atoms with van der Waals surface area (Å²) in [6, 6.07) is 16.9. The van der Waals surface area contributed by atoms with E-state index in [-0.39, 0.29) is 16.3 Å². The number of aromatic nitrogens is 1. The summed E-state index contributed by atoms with van der Waals surface area (Å²) in [5.41, 5.74) is 4.09. The van der Waals surface area contributed by atoms with E-state index in [2.05, 4.69) is 9.29 Å². The number of nitrogens with one attached hydrogen (secondary N) is 1.